The van der Waals surface area contributed by atoms with Crippen molar-refractivity contribution in [3.63, 3.8) is 0 Å². The number of aromatic nitrogens is 2. The summed E-state index contributed by atoms with van der Waals surface area (Å²) in [5, 5.41) is 0. The van der Waals surface area contributed by atoms with Gasteiger partial charge in [0.25, 0.3) is 0 Å². The van der Waals surface area contributed by atoms with Crippen molar-refractivity contribution in [2.24, 2.45) is 0 Å². The largest absolute Gasteiger partial charge is 0.322 e. The second-order valence-corrected chi connectivity index (χ2v) is 5.13. The summed E-state index contributed by atoms with van der Waals surface area (Å²) in [5.41, 5.74) is 0. The maximum Gasteiger partial charge on any atom is 0.123 e. The molecule has 16 heavy (non-hydrogen) atoms. The van der Waals surface area contributed by atoms with Crippen molar-refractivity contribution in [1.82, 2.24) is 19.4 Å². The molecule has 5 heteroatoms. The zero-order chi connectivity index (χ0) is 11.5. The van der Waals surface area contributed by atoms with E-state index >= 15 is 0 Å². The van der Waals surface area contributed by atoms with Gasteiger partial charge in [-0.25, -0.2) is 4.98 Å². The molecule has 4 nitrogen and oxygen atoms in total. The molecule has 1 aliphatic rings. The van der Waals surface area contributed by atoms with Gasteiger partial charge in [-0.1, -0.05) is 0 Å². The van der Waals surface area contributed by atoms with E-state index in [2.05, 4.69) is 49.3 Å². The summed E-state index contributed by atoms with van der Waals surface area (Å²) in [7, 11) is 2.18. The Labute approximate surface area is 105 Å². The Kier molecular flexibility index (Phi) is 4.00. The van der Waals surface area contributed by atoms with Gasteiger partial charge in [0, 0.05) is 32.7 Å². The van der Waals surface area contributed by atoms with Crippen LogP contribution in [0.1, 0.15) is 12.7 Å². The zero-order valence-electron chi connectivity index (χ0n) is 9.99. The second-order valence-electron chi connectivity index (χ2n) is 4.32. The van der Waals surface area contributed by atoms with Gasteiger partial charge in [-0.15, -0.1) is 0 Å². The maximum absolute atomic E-state index is 4.46. The van der Waals surface area contributed by atoms with Gasteiger partial charge in [-0.2, -0.15) is 0 Å². The first-order valence-electron chi connectivity index (χ1n) is 5.81. The Hall–Kier alpha value is -0.390. The highest BCUT2D eigenvalue weighted by Crippen LogP contribution is 2.14. The lowest BCUT2D eigenvalue weighted by Gasteiger charge is -2.32. The van der Waals surface area contributed by atoms with Gasteiger partial charge in [-0.05, 0) is 29.9 Å². The van der Waals surface area contributed by atoms with Crippen LogP contribution in [0.2, 0.25) is 0 Å². The van der Waals surface area contributed by atoms with E-state index in [1.165, 1.54) is 5.82 Å². The third kappa shape index (κ3) is 2.64. The van der Waals surface area contributed by atoms with Crippen LogP contribution in [0, 0.1) is 0 Å². The number of imidazole rings is 1. The molecule has 0 saturated carbocycles. The minimum atomic E-state index is 0.966. The Morgan fingerprint density at radius 1 is 1.31 bits per heavy atom. The molecule has 0 bridgehead atoms. The van der Waals surface area contributed by atoms with Crippen LogP contribution >= 0.6 is 15.9 Å². The molecule has 0 spiro atoms. The minimum Gasteiger partial charge on any atom is -0.322 e. The quantitative estimate of drug-likeness (QED) is 0.840. The van der Waals surface area contributed by atoms with Crippen LogP contribution in [0.5, 0.6) is 0 Å². The summed E-state index contributed by atoms with van der Waals surface area (Å²) in [6.07, 6.45) is 1.90. The summed E-state index contributed by atoms with van der Waals surface area (Å²) in [4.78, 5) is 9.31. The Balaban J connectivity index is 1.98. The van der Waals surface area contributed by atoms with Gasteiger partial charge in [0.15, 0.2) is 0 Å². The molecular weight excluding hydrogens is 268 g/mol. The Morgan fingerprint density at radius 2 is 2.00 bits per heavy atom. The molecule has 1 aromatic rings. The summed E-state index contributed by atoms with van der Waals surface area (Å²) in [6, 6.07) is 0. The van der Waals surface area contributed by atoms with Crippen LogP contribution in [-0.2, 0) is 13.1 Å². The number of likely N-dealkylation sites (N-methyl/N-ethyl adjacent to an activating group) is 1. The predicted octanol–water partition coefficient (Wildman–Crippen LogP) is 1.41. The van der Waals surface area contributed by atoms with E-state index in [1.807, 2.05) is 6.20 Å². The van der Waals surface area contributed by atoms with E-state index in [9.17, 15) is 0 Å². The van der Waals surface area contributed by atoms with Gasteiger partial charge in [0.05, 0.1) is 12.7 Å². The van der Waals surface area contributed by atoms with E-state index in [1.54, 1.807) is 0 Å². The molecule has 2 heterocycles. The van der Waals surface area contributed by atoms with Crippen molar-refractivity contribution in [3.8, 4) is 0 Å². The Bertz CT molecular complexity index is 342. The van der Waals surface area contributed by atoms with Crippen LogP contribution < -0.4 is 0 Å². The normalized spacial score (nSPS) is 19.2. The van der Waals surface area contributed by atoms with Gasteiger partial charge in [0.2, 0.25) is 0 Å². The highest BCUT2D eigenvalue weighted by Gasteiger charge is 2.16. The highest BCUT2D eigenvalue weighted by atomic mass is 79.9. The lowest BCUT2D eigenvalue weighted by atomic mass is 10.3. The predicted molar refractivity (Wildman–Crippen MR) is 68.4 cm³/mol. The standard InChI is InChI=1S/C11H19BrN4/c1-3-16-10(12)8-13-11(16)9-15-6-4-14(2)5-7-15/h8H,3-7,9H2,1-2H3. The zero-order valence-corrected chi connectivity index (χ0v) is 11.6. The topological polar surface area (TPSA) is 24.3 Å². The Morgan fingerprint density at radius 3 is 2.62 bits per heavy atom. The number of nitrogens with zero attached hydrogens (tertiary/aromatic N) is 4. The van der Waals surface area contributed by atoms with Crippen molar-refractivity contribution in [1.29, 1.82) is 0 Å². The molecule has 0 N–H and O–H groups in total. The molecule has 0 atom stereocenters. The number of halogens is 1. The number of piperazine rings is 1. The molecule has 90 valence electrons. The SMILES string of the molecule is CCn1c(Br)cnc1CN1CCN(C)CC1. The molecule has 1 fully saturated rings. The molecule has 1 aromatic heterocycles. The van der Waals surface area contributed by atoms with Gasteiger partial charge < -0.3 is 9.47 Å². The molecule has 1 aliphatic heterocycles. The van der Waals surface area contributed by atoms with Crippen LogP contribution in [0.4, 0.5) is 0 Å². The smallest absolute Gasteiger partial charge is 0.123 e. The fourth-order valence-electron chi connectivity index (χ4n) is 2.06. The van der Waals surface area contributed by atoms with E-state index in [-0.39, 0.29) is 0 Å². The summed E-state index contributed by atoms with van der Waals surface area (Å²) in [5.74, 6) is 1.17. The average Bonchev–Trinajstić information content (AvgIpc) is 2.63. The first-order valence-corrected chi connectivity index (χ1v) is 6.60. The molecule has 1 saturated heterocycles. The van der Waals surface area contributed by atoms with Crippen LogP contribution in [0.3, 0.4) is 0 Å². The van der Waals surface area contributed by atoms with Gasteiger partial charge in [-0.3, -0.25) is 4.90 Å². The third-order valence-electron chi connectivity index (χ3n) is 3.17. The number of hydrogen-bond donors (Lipinski definition) is 0. The molecular formula is C11H19BrN4. The van der Waals surface area contributed by atoms with Crippen LogP contribution in [0.15, 0.2) is 10.8 Å². The first kappa shape index (κ1) is 12.1. The van der Waals surface area contributed by atoms with Crippen molar-refractivity contribution in [3.05, 3.63) is 16.6 Å². The van der Waals surface area contributed by atoms with E-state index in [4.69, 9.17) is 0 Å². The van der Waals surface area contributed by atoms with Crippen LogP contribution in [0.25, 0.3) is 0 Å². The van der Waals surface area contributed by atoms with Crippen molar-refractivity contribution in [2.45, 2.75) is 20.0 Å². The highest BCUT2D eigenvalue weighted by molar-refractivity contribution is 9.10. The van der Waals surface area contributed by atoms with Crippen LogP contribution in [-0.4, -0.2) is 52.6 Å². The molecule has 0 aromatic carbocycles. The lowest BCUT2D eigenvalue weighted by molar-refractivity contribution is 0.144. The fourth-order valence-corrected chi connectivity index (χ4v) is 2.61. The molecule has 0 amide bonds. The third-order valence-corrected chi connectivity index (χ3v) is 3.80. The fraction of sp³-hybridized carbons (Fsp3) is 0.727. The average molecular weight is 287 g/mol. The molecule has 0 radical (unpaired) electrons. The summed E-state index contributed by atoms with van der Waals surface area (Å²) in [6.45, 7) is 8.70. The minimum absolute atomic E-state index is 0.966. The van der Waals surface area contributed by atoms with Crippen molar-refractivity contribution < 1.29 is 0 Å². The van der Waals surface area contributed by atoms with E-state index in [0.717, 1.165) is 43.9 Å². The second kappa shape index (κ2) is 5.29. The maximum atomic E-state index is 4.46. The monoisotopic (exact) mass is 286 g/mol. The number of hydrogen-bond acceptors (Lipinski definition) is 3. The lowest BCUT2D eigenvalue weighted by Crippen LogP contribution is -2.44. The van der Waals surface area contributed by atoms with E-state index in [0.29, 0.717) is 0 Å². The molecule has 0 aliphatic carbocycles. The molecule has 2 rings (SSSR count). The summed E-state index contributed by atoms with van der Waals surface area (Å²) < 4.78 is 3.30. The molecule has 0 unspecified atom stereocenters. The van der Waals surface area contributed by atoms with Crippen molar-refractivity contribution in [2.75, 3.05) is 33.2 Å². The first-order chi connectivity index (χ1) is 7.70. The number of rotatable bonds is 3. The van der Waals surface area contributed by atoms with Gasteiger partial charge in [0.1, 0.15) is 10.4 Å². The summed E-state index contributed by atoms with van der Waals surface area (Å²) >= 11 is 3.53. The van der Waals surface area contributed by atoms with Crippen molar-refractivity contribution >= 4 is 15.9 Å². The van der Waals surface area contributed by atoms with Gasteiger partial charge >= 0.3 is 0 Å². The van der Waals surface area contributed by atoms with E-state index < -0.39 is 0 Å².